The molecule has 0 unspecified atom stereocenters. The summed E-state index contributed by atoms with van der Waals surface area (Å²) in [4.78, 5) is 33.3. The third-order valence-electron chi connectivity index (χ3n) is 7.17. The van der Waals surface area contributed by atoms with E-state index in [1.54, 1.807) is 16.7 Å². The van der Waals surface area contributed by atoms with Crippen molar-refractivity contribution in [3.8, 4) is 17.1 Å². The smallest absolute Gasteiger partial charge is 0.475 e. The summed E-state index contributed by atoms with van der Waals surface area (Å²) >= 11 is 0. The van der Waals surface area contributed by atoms with Gasteiger partial charge < -0.3 is 9.72 Å². The van der Waals surface area contributed by atoms with E-state index in [1.807, 2.05) is 18.7 Å². The van der Waals surface area contributed by atoms with Gasteiger partial charge in [-0.15, -0.1) is 5.10 Å². The second-order valence-electron chi connectivity index (χ2n) is 9.62. The Morgan fingerprint density at radius 1 is 1.20 bits per heavy atom. The Bertz CT molecular complexity index is 1590. The molecule has 14 heteroatoms. The summed E-state index contributed by atoms with van der Waals surface area (Å²) in [5.74, 6) is 0.605. The van der Waals surface area contributed by atoms with Crippen molar-refractivity contribution in [3.05, 3.63) is 56.9 Å². The number of aromatic amines is 1. The van der Waals surface area contributed by atoms with Crippen LogP contribution in [0.15, 0.2) is 34.5 Å². The van der Waals surface area contributed by atoms with E-state index in [4.69, 9.17) is 15.0 Å². The number of fused-ring (bicyclic) bond motifs is 1. The van der Waals surface area contributed by atoms with Crippen LogP contribution >= 0.6 is 0 Å². The average Bonchev–Trinajstić information content (AvgIpc) is 3.26. The Hall–Kier alpha value is -3.75. The van der Waals surface area contributed by atoms with E-state index in [9.17, 15) is 18.1 Å². The number of hydrogen-bond acceptors (Lipinski definition) is 8. The Morgan fingerprint density at radius 3 is 2.54 bits per heavy atom. The number of nitrogens with zero attached hydrogens (tertiary/aromatic N) is 5. The molecule has 4 rings (SSSR count). The molecule has 0 atom stereocenters. The predicted molar refractivity (Wildman–Crippen MR) is 152 cm³/mol. The highest BCUT2D eigenvalue weighted by Crippen LogP contribution is 2.32. The first kappa shape index (κ1) is 30.2. The average molecular weight is 590 g/mol. The van der Waals surface area contributed by atoms with Crippen molar-refractivity contribution in [2.24, 2.45) is 0 Å². The fraction of sp³-hybridized carbons (Fsp3) is 0.481. The highest BCUT2D eigenvalue weighted by atomic mass is 32.2. The maximum absolute atomic E-state index is 13.6. The number of aryl methyl sites for hydroxylation is 2. The topological polar surface area (TPSA) is 150 Å². The number of nitrogens with one attached hydrogen (secondary N) is 1. The molecule has 0 spiro atoms. The first-order chi connectivity index (χ1) is 19.7. The van der Waals surface area contributed by atoms with E-state index in [0.717, 1.165) is 23.2 Å². The standard InChI is InChI=1S/C27H36N6O7S/c1-5-9-23-20(6-2)21(7-3)25-27(34)28-26(29-32(23)25)22-18-19(10-11-24(22)39-8-4)41(37,38)31-14-12-30(13-15-31)16-17-40-33(35)36/h6,10-11,18H,2,5,7-9,12-17H2,1,3-4H3,(H-,28,29,34,35,36)/p+1. The van der Waals surface area contributed by atoms with Crippen molar-refractivity contribution < 1.29 is 28.3 Å². The lowest BCUT2D eigenvalue weighted by Gasteiger charge is -2.33. The van der Waals surface area contributed by atoms with Crippen LogP contribution in [0.25, 0.3) is 23.0 Å². The van der Waals surface area contributed by atoms with Crippen molar-refractivity contribution >= 4 is 21.6 Å². The minimum atomic E-state index is -3.88. The van der Waals surface area contributed by atoms with E-state index in [1.165, 1.54) is 16.4 Å². The van der Waals surface area contributed by atoms with Gasteiger partial charge in [0.05, 0.1) is 22.8 Å². The van der Waals surface area contributed by atoms with E-state index in [2.05, 4.69) is 23.3 Å². The molecular weight excluding hydrogens is 552 g/mol. The number of sulfonamides is 1. The monoisotopic (exact) mass is 589 g/mol. The molecule has 222 valence electrons. The third-order valence-corrected chi connectivity index (χ3v) is 9.06. The molecule has 2 aromatic heterocycles. The summed E-state index contributed by atoms with van der Waals surface area (Å²) in [6.45, 7) is 11.8. The van der Waals surface area contributed by atoms with Crippen LogP contribution in [0.4, 0.5) is 0 Å². The summed E-state index contributed by atoms with van der Waals surface area (Å²) < 4.78 is 36.2. The van der Waals surface area contributed by atoms with E-state index >= 15 is 0 Å². The Balaban J connectivity index is 1.72. The van der Waals surface area contributed by atoms with Crippen molar-refractivity contribution in [2.75, 3.05) is 45.9 Å². The number of benzene rings is 1. The quantitative estimate of drug-likeness (QED) is 0.287. The van der Waals surface area contributed by atoms with Crippen LogP contribution in [-0.2, 0) is 27.7 Å². The second kappa shape index (κ2) is 12.8. The van der Waals surface area contributed by atoms with Gasteiger partial charge >= 0.3 is 5.09 Å². The summed E-state index contributed by atoms with van der Waals surface area (Å²) in [5.41, 5.74) is 3.16. The van der Waals surface area contributed by atoms with Crippen LogP contribution in [-0.4, -0.2) is 88.5 Å². The van der Waals surface area contributed by atoms with Crippen molar-refractivity contribution in [1.29, 1.82) is 0 Å². The fourth-order valence-corrected chi connectivity index (χ4v) is 6.69. The number of piperazine rings is 1. The lowest BCUT2D eigenvalue weighted by Crippen LogP contribution is -2.49. The number of hydrogen-bond donors (Lipinski definition) is 2. The van der Waals surface area contributed by atoms with Crippen LogP contribution in [0.2, 0.25) is 0 Å². The predicted octanol–water partition coefficient (Wildman–Crippen LogP) is 2.65. The second-order valence-corrected chi connectivity index (χ2v) is 11.6. The normalized spacial score (nSPS) is 14.8. The molecule has 41 heavy (non-hydrogen) atoms. The summed E-state index contributed by atoms with van der Waals surface area (Å²) in [6.07, 6.45) is 3.93. The van der Waals surface area contributed by atoms with Gasteiger partial charge in [0.25, 0.3) is 5.56 Å². The van der Waals surface area contributed by atoms with E-state index in [-0.39, 0.29) is 36.0 Å². The van der Waals surface area contributed by atoms with Gasteiger partial charge in [0.15, 0.2) is 12.4 Å². The van der Waals surface area contributed by atoms with Gasteiger partial charge in [-0.2, -0.15) is 9.14 Å². The SMILES string of the molecule is C=Cc1c(CC)c2c(=O)[nH]c(-c3cc(S(=O)(=O)N4CCN(CCO[N+](=O)O)CC4)ccc3OCC)nn2c1CCC. The molecule has 3 heterocycles. The zero-order valence-electron chi connectivity index (χ0n) is 23.6. The maximum Gasteiger partial charge on any atom is 0.475 e. The molecule has 1 aliphatic heterocycles. The molecular formula is C27H37N6O7S+. The van der Waals surface area contributed by atoms with Crippen LogP contribution in [0.1, 0.15) is 44.0 Å². The number of aromatic nitrogens is 3. The van der Waals surface area contributed by atoms with Crippen LogP contribution in [0.3, 0.4) is 0 Å². The number of ether oxygens (including phenoxy) is 1. The molecule has 3 aromatic rings. The van der Waals surface area contributed by atoms with Crippen LogP contribution in [0.5, 0.6) is 5.75 Å². The zero-order valence-corrected chi connectivity index (χ0v) is 24.4. The number of H-pyrrole nitrogens is 1. The van der Waals surface area contributed by atoms with Gasteiger partial charge in [0, 0.05) is 38.3 Å². The molecule has 1 aromatic carbocycles. The Morgan fingerprint density at radius 2 is 1.93 bits per heavy atom. The van der Waals surface area contributed by atoms with Gasteiger partial charge in [-0.1, -0.05) is 32.9 Å². The fourth-order valence-electron chi connectivity index (χ4n) is 5.24. The molecule has 1 fully saturated rings. The van der Waals surface area contributed by atoms with Crippen molar-refractivity contribution in [3.63, 3.8) is 0 Å². The molecule has 1 aliphatic rings. The molecule has 13 nitrogen and oxygen atoms in total. The molecule has 0 bridgehead atoms. The first-order valence-corrected chi connectivity index (χ1v) is 15.2. The molecule has 0 amide bonds. The van der Waals surface area contributed by atoms with Crippen LogP contribution in [0, 0.1) is 4.91 Å². The van der Waals surface area contributed by atoms with Crippen molar-refractivity contribution in [2.45, 2.75) is 44.9 Å². The number of rotatable bonds is 13. The van der Waals surface area contributed by atoms with Gasteiger partial charge in [-0.05, 0) is 43.5 Å². The highest BCUT2D eigenvalue weighted by molar-refractivity contribution is 7.89. The van der Waals surface area contributed by atoms with Crippen molar-refractivity contribution in [1.82, 2.24) is 23.8 Å². The molecule has 0 radical (unpaired) electrons. The maximum atomic E-state index is 13.6. The molecule has 1 saturated heterocycles. The minimum Gasteiger partial charge on any atom is -0.493 e. The van der Waals surface area contributed by atoms with Gasteiger partial charge in [-0.3, -0.25) is 9.69 Å². The molecule has 0 aliphatic carbocycles. The largest absolute Gasteiger partial charge is 0.493 e. The Labute approximate surface area is 238 Å². The van der Waals surface area contributed by atoms with Crippen LogP contribution < -0.4 is 10.3 Å². The minimum absolute atomic E-state index is 0.0139. The highest BCUT2D eigenvalue weighted by Gasteiger charge is 2.30. The van der Waals surface area contributed by atoms with Gasteiger partial charge in [-0.25, -0.2) is 18.1 Å². The third kappa shape index (κ3) is 6.14. The summed E-state index contributed by atoms with van der Waals surface area (Å²) in [5, 5.41) is 12.8. The lowest BCUT2D eigenvalue weighted by molar-refractivity contribution is -0.975. The molecule has 0 saturated carbocycles. The van der Waals surface area contributed by atoms with Gasteiger partial charge in [0.2, 0.25) is 10.0 Å². The summed E-state index contributed by atoms with van der Waals surface area (Å²) in [7, 11) is -3.88. The molecule has 2 N–H and O–H groups in total. The zero-order chi connectivity index (χ0) is 29.7. The van der Waals surface area contributed by atoms with Gasteiger partial charge in [0.1, 0.15) is 16.2 Å². The first-order valence-electron chi connectivity index (χ1n) is 13.7. The van der Waals surface area contributed by atoms with E-state index in [0.29, 0.717) is 55.9 Å². The lowest BCUT2D eigenvalue weighted by atomic mass is 10.1. The summed E-state index contributed by atoms with van der Waals surface area (Å²) in [6, 6.07) is 4.57. The van der Waals surface area contributed by atoms with E-state index < -0.39 is 15.1 Å². The Kier molecular flexibility index (Phi) is 9.46.